The summed E-state index contributed by atoms with van der Waals surface area (Å²) in [4.78, 5) is 26.5. The highest BCUT2D eigenvalue weighted by Crippen LogP contribution is 2.38. The van der Waals surface area contributed by atoms with Crippen LogP contribution in [-0.4, -0.2) is 56.1 Å². The Morgan fingerprint density at radius 3 is 2.31 bits per heavy atom. The third-order valence-corrected chi connectivity index (χ3v) is 6.71. The number of thiophene rings is 1. The fourth-order valence-corrected chi connectivity index (χ4v) is 4.80. The van der Waals surface area contributed by atoms with Crippen LogP contribution in [0, 0.1) is 6.92 Å². The molecule has 2 aromatic heterocycles. The van der Waals surface area contributed by atoms with Gasteiger partial charge in [-0.1, -0.05) is 11.6 Å². The summed E-state index contributed by atoms with van der Waals surface area (Å²) < 4.78 is 23.0. The van der Waals surface area contributed by atoms with Crippen LogP contribution < -0.4 is 19.5 Å². The first-order valence-corrected chi connectivity index (χ1v) is 12.1. The molecule has 0 aliphatic rings. The number of carbonyl (C=O) groups excluding carboxylic acids is 2. The lowest BCUT2D eigenvalue weighted by Crippen LogP contribution is -2.28. The van der Waals surface area contributed by atoms with Gasteiger partial charge >= 0.3 is 5.97 Å². The summed E-state index contributed by atoms with van der Waals surface area (Å²) in [5.74, 6) is 0.283. The Kier molecular flexibility index (Phi) is 7.66. The van der Waals surface area contributed by atoms with Gasteiger partial charge in [0.25, 0.3) is 5.91 Å². The first kappa shape index (κ1) is 25.3. The van der Waals surface area contributed by atoms with E-state index < -0.39 is 5.97 Å². The van der Waals surface area contributed by atoms with E-state index in [1.165, 1.54) is 32.7 Å². The number of methoxy groups -OCH3 is 3. The van der Waals surface area contributed by atoms with Crippen molar-refractivity contribution >= 4 is 45.0 Å². The molecular weight excluding hydrogens is 506 g/mol. The summed E-state index contributed by atoms with van der Waals surface area (Å²) in [6.07, 6.45) is 0. The molecule has 0 aliphatic heterocycles. The van der Waals surface area contributed by atoms with Gasteiger partial charge in [-0.3, -0.25) is 4.79 Å². The number of benzene rings is 2. The first-order valence-electron chi connectivity index (χ1n) is 10.9. The average Bonchev–Trinajstić information content (AvgIpc) is 3.46. The molecule has 2 heterocycles. The second kappa shape index (κ2) is 10.9. The SMILES string of the molecule is COc1cc(C(=O)NCCOC(=O)c2cc3c(C)nn(-c4ccc(Cl)cc4)c3s2)cc(OC)c1OC. The molecule has 188 valence electrons. The van der Waals surface area contributed by atoms with E-state index in [4.69, 9.17) is 30.5 Å². The number of rotatable bonds is 9. The molecule has 0 atom stereocenters. The van der Waals surface area contributed by atoms with Gasteiger partial charge in [0.15, 0.2) is 11.5 Å². The molecule has 2 aromatic carbocycles. The van der Waals surface area contributed by atoms with Gasteiger partial charge < -0.3 is 24.3 Å². The van der Waals surface area contributed by atoms with Gasteiger partial charge in [0, 0.05) is 16.0 Å². The number of aryl methyl sites for hydroxylation is 1. The van der Waals surface area contributed by atoms with Crippen LogP contribution in [0.4, 0.5) is 0 Å². The van der Waals surface area contributed by atoms with Crippen molar-refractivity contribution in [3.05, 3.63) is 63.6 Å². The van der Waals surface area contributed by atoms with E-state index in [0.29, 0.717) is 32.7 Å². The van der Waals surface area contributed by atoms with E-state index in [1.807, 2.05) is 19.1 Å². The van der Waals surface area contributed by atoms with Crippen LogP contribution in [0.1, 0.15) is 25.7 Å². The number of amides is 1. The Morgan fingerprint density at radius 2 is 1.69 bits per heavy atom. The molecular formula is C25H24ClN3O6S. The third-order valence-electron chi connectivity index (χ3n) is 5.36. The molecule has 9 nitrogen and oxygen atoms in total. The average molecular weight is 530 g/mol. The summed E-state index contributed by atoms with van der Waals surface area (Å²) in [6, 6.07) is 12.2. The largest absolute Gasteiger partial charge is 0.493 e. The lowest BCUT2D eigenvalue weighted by atomic mass is 10.1. The molecule has 4 rings (SSSR count). The van der Waals surface area contributed by atoms with Crippen molar-refractivity contribution in [1.82, 2.24) is 15.1 Å². The van der Waals surface area contributed by atoms with Crippen molar-refractivity contribution in [2.45, 2.75) is 6.92 Å². The highest BCUT2D eigenvalue weighted by molar-refractivity contribution is 7.20. The molecule has 0 bridgehead atoms. The number of fused-ring (bicyclic) bond motifs is 1. The topological polar surface area (TPSA) is 101 Å². The zero-order valence-electron chi connectivity index (χ0n) is 20.1. The lowest BCUT2D eigenvalue weighted by Gasteiger charge is -2.14. The number of ether oxygens (including phenoxy) is 4. The van der Waals surface area contributed by atoms with Crippen molar-refractivity contribution < 1.29 is 28.5 Å². The van der Waals surface area contributed by atoms with Gasteiger partial charge in [0.1, 0.15) is 16.3 Å². The smallest absolute Gasteiger partial charge is 0.348 e. The Bertz CT molecular complexity index is 1390. The molecule has 0 saturated heterocycles. The summed E-state index contributed by atoms with van der Waals surface area (Å²) >= 11 is 7.28. The molecule has 1 amide bonds. The molecule has 0 radical (unpaired) electrons. The molecule has 0 saturated carbocycles. The zero-order chi connectivity index (χ0) is 25.8. The van der Waals surface area contributed by atoms with Crippen LogP contribution in [0.5, 0.6) is 17.2 Å². The number of carbonyl (C=O) groups is 2. The van der Waals surface area contributed by atoms with Crippen LogP contribution >= 0.6 is 22.9 Å². The number of nitrogens with one attached hydrogen (secondary N) is 1. The monoisotopic (exact) mass is 529 g/mol. The van der Waals surface area contributed by atoms with Crippen molar-refractivity contribution in [3.63, 3.8) is 0 Å². The van der Waals surface area contributed by atoms with Crippen molar-refractivity contribution in [2.24, 2.45) is 0 Å². The molecule has 4 aromatic rings. The van der Waals surface area contributed by atoms with Gasteiger partial charge in [-0.2, -0.15) is 5.10 Å². The van der Waals surface area contributed by atoms with E-state index in [9.17, 15) is 9.59 Å². The molecule has 1 N–H and O–H groups in total. The number of hydrogen-bond acceptors (Lipinski definition) is 8. The minimum atomic E-state index is -0.472. The predicted molar refractivity (Wildman–Crippen MR) is 137 cm³/mol. The van der Waals surface area contributed by atoms with Gasteiger partial charge in [-0.05, 0) is 49.4 Å². The van der Waals surface area contributed by atoms with Crippen LogP contribution in [0.2, 0.25) is 5.02 Å². The fraction of sp³-hybridized carbons (Fsp3) is 0.240. The molecule has 0 fully saturated rings. The zero-order valence-corrected chi connectivity index (χ0v) is 21.7. The van der Waals surface area contributed by atoms with E-state index in [0.717, 1.165) is 21.6 Å². The van der Waals surface area contributed by atoms with E-state index in [-0.39, 0.29) is 19.1 Å². The molecule has 0 aliphatic carbocycles. The first-order chi connectivity index (χ1) is 17.4. The lowest BCUT2D eigenvalue weighted by molar-refractivity contribution is 0.0509. The maximum atomic E-state index is 12.6. The minimum absolute atomic E-state index is 0.00549. The fourth-order valence-electron chi connectivity index (χ4n) is 3.60. The summed E-state index contributed by atoms with van der Waals surface area (Å²) in [5, 5.41) is 8.79. The van der Waals surface area contributed by atoms with E-state index in [2.05, 4.69) is 10.4 Å². The quantitative estimate of drug-likeness (QED) is 0.248. The van der Waals surface area contributed by atoms with Crippen LogP contribution in [0.3, 0.4) is 0 Å². The van der Waals surface area contributed by atoms with E-state index >= 15 is 0 Å². The Hall–Kier alpha value is -3.76. The standard InChI is InChI=1S/C25H24ClN3O6S/c1-14-18-13-21(36-24(18)29(28-14)17-7-5-16(26)6-8-17)25(31)35-10-9-27-23(30)15-11-19(32-2)22(34-4)20(12-15)33-3/h5-8,11-13H,9-10H2,1-4H3,(H,27,30). The number of aromatic nitrogens is 2. The summed E-state index contributed by atoms with van der Waals surface area (Å²) in [5.41, 5.74) is 1.96. The maximum absolute atomic E-state index is 12.6. The highest BCUT2D eigenvalue weighted by Gasteiger charge is 2.19. The third kappa shape index (κ3) is 5.09. The number of hydrogen-bond donors (Lipinski definition) is 1. The summed E-state index contributed by atoms with van der Waals surface area (Å²) in [7, 11) is 4.43. The minimum Gasteiger partial charge on any atom is -0.493 e. The second-order valence-corrected chi connectivity index (χ2v) is 9.08. The van der Waals surface area contributed by atoms with E-state index in [1.54, 1.807) is 35.0 Å². The second-order valence-electron chi connectivity index (χ2n) is 7.61. The normalized spacial score (nSPS) is 10.8. The Morgan fingerprint density at radius 1 is 1.03 bits per heavy atom. The molecule has 0 unspecified atom stereocenters. The molecule has 11 heteroatoms. The van der Waals surface area contributed by atoms with Crippen LogP contribution in [0.25, 0.3) is 15.9 Å². The Balaban J connectivity index is 1.39. The van der Waals surface area contributed by atoms with Crippen LogP contribution in [-0.2, 0) is 4.74 Å². The summed E-state index contributed by atoms with van der Waals surface area (Å²) in [6.45, 7) is 2.02. The molecule has 36 heavy (non-hydrogen) atoms. The van der Waals surface area contributed by atoms with Crippen molar-refractivity contribution in [2.75, 3.05) is 34.5 Å². The van der Waals surface area contributed by atoms with Gasteiger partial charge in [-0.25, -0.2) is 9.48 Å². The van der Waals surface area contributed by atoms with Crippen molar-refractivity contribution in [3.8, 4) is 22.9 Å². The van der Waals surface area contributed by atoms with Gasteiger partial charge in [0.05, 0.1) is 39.3 Å². The highest BCUT2D eigenvalue weighted by atomic mass is 35.5. The maximum Gasteiger partial charge on any atom is 0.348 e. The Labute approximate surface area is 216 Å². The van der Waals surface area contributed by atoms with Gasteiger partial charge in [-0.15, -0.1) is 11.3 Å². The number of esters is 1. The van der Waals surface area contributed by atoms with Crippen molar-refractivity contribution in [1.29, 1.82) is 0 Å². The number of halogens is 1. The van der Waals surface area contributed by atoms with Crippen LogP contribution in [0.15, 0.2) is 42.5 Å². The molecule has 0 spiro atoms. The number of nitrogens with zero attached hydrogens (tertiary/aromatic N) is 2. The van der Waals surface area contributed by atoms with Gasteiger partial charge in [0.2, 0.25) is 5.75 Å². The predicted octanol–water partition coefficient (Wildman–Crippen LogP) is 4.66.